The zero-order valence-corrected chi connectivity index (χ0v) is 40.2. The third kappa shape index (κ3) is 6.42. The van der Waals surface area contributed by atoms with E-state index in [4.69, 9.17) is 0 Å². The van der Waals surface area contributed by atoms with E-state index in [1.807, 2.05) is 0 Å². The topological polar surface area (TPSA) is 6.48 Å². The van der Waals surface area contributed by atoms with Crippen LogP contribution in [0, 0.1) is 17.8 Å². The van der Waals surface area contributed by atoms with Gasteiger partial charge < -0.3 is 9.80 Å². The molecule has 0 atom stereocenters. The van der Waals surface area contributed by atoms with Gasteiger partial charge in [0.2, 0.25) is 0 Å². The smallest absolute Gasteiger partial charge is 0.0776 e. The Morgan fingerprint density at radius 2 is 0.891 bits per heavy atom. The van der Waals surface area contributed by atoms with Crippen molar-refractivity contribution in [3.63, 3.8) is 0 Å². The first-order valence-electron chi connectivity index (χ1n) is 23.0. The lowest BCUT2D eigenvalue weighted by molar-refractivity contribution is 0.0965. The molecule has 0 fully saturated rings. The molecule has 0 unspecified atom stereocenters. The van der Waals surface area contributed by atoms with Crippen molar-refractivity contribution in [2.45, 2.75) is 73.5 Å². The second-order valence-corrected chi connectivity index (χ2v) is 26.2. The number of hydrogen-bond acceptors (Lipinski definition) is 2. The molecule has 318 valence electrons. The Morgan fingerprint density at radius 1 is 0.391 bits per heavy atom. The Kier molecular flexibility index (Phi) is 9.81. The highest BCUT2D eigenvalue weighted by Gasteiger charge is 2.59. The maximum Gasteiger partial charge on any atom is 0.0776 e. The molecule has 0 N–H and O–H groups in total. The van der Waals surface area contributed by atoms with Crippen LogP contribution in [-0.2, 0) is 5.41 Å². The van der Waals surface area contributed by atoms with Gasteiger partial charge in [-0.3, -0.25) is 0 Å². The van der Waals surface area contributed by atoms with Gasteiger partial charge in [-0.25, -0.2) is 0 Å². The zero-order valence-electron chi connectivity index (χ0n) is 39.2. The van der Waals surface area contributed by atoms with Gasteiger partial charge in [0.15, 0.2) is 0 Å². The highest BCUT2D eigenvalue weighted by atomic mass is 28.3. The van der Waals surface area contributed by atoms with Crippen molar-refractivity contribution >= 4 is 79.7 Å². The summed E-state index contributed by atoms with van der Waals surface area (Å²) < 4.78 is 0. The van der Waals surface area contributed by atoms with E-state index in [1.165, 1.54) is 76.7 Å². The van der Waals surface area contributed by atoms with E-state index in [0.717, 1.165) is 22.7 Å². The first-order valence-corrected chi connectivity index (χ1v) is 26.5. The van der Waals surface area contributed by atoms with Crippen molar-refractivity contribution in [3.05, 3.63) is 199 Å². The van der Waals surface area contributed by atoms with E-state index in [-0.39, 0.29) is 10.8 Å². The minimum Gasteiger partial charge on any atom is -0.310 e. The second kappa shape index (κ2) is 15.1. The molecule has 1 aliphatic rings. The fourth-order valence-corrected chi connectivity index (χ4v) is 13.0. The second-order valence-electron chi connectivity index (χ2n) is 21.1. The predicted octanol–water partition coefficient (Wildman–Crippen LogP) is 17.3. The third-order valence-corrected chi connectivity index (χ3v) is 16.1. The van der Waals surface area contributed by atoms with Crippen molar-refractivity contribution in [2.75, 3.05) is 9.80 Å². The Morgan fingerprint density at radius 3 is 1.48 bits per heavy atom. The van der Waals surface area contributed by atoms with Gasteiger partial charge >= 0.3 is 0 Å². The lowest BCUT2D eigenvalue weighted by atomic mass is 9.49. The third-order valence-electron chi connectivity index (χ3n) is 14.1. The van der Waals surface area contributed by atoms with Gasteiger partial charge in [0.25, 0.3) is 0 Å². The van der Waals surface area contributed by atoms with Crippen LogP contribution in [0.25, 0.3) is 43.4 Å². The summed E-state index contributed by atoms with van der Waals surface area (Å²) in [6.07, 6.45) is 0. The summed E-state index contributed by atoms with van der Waals surface area (Å²) in [6.45, 7) is 24.4. The summed E-state index contributed by atoms with van der Waals surface area (Å²) in [7, 11) is -1.59. The van der Waals surface area contributed by atoms with Crippen molar-refractivity contribution in [1.29, 1.82) is 0 Å². The summed E-state index contributed by atoms with van der Waals surface area (Å²) in [5.41, 5.74) is 13.0. The van der Waals surface area contributed by atoms with Crippen molar-refractivity contribution in [2.24, 2.45) is 10.8 Å². The number of fused-ring (bicyclic) bond motifs is 10. The van der Waals surface area contributed by atoms with Crippen LogP contribution in [0.3, 0.4) is 0 Å². The van der Waals surface area contributed by atoms with Gasteiger partial charge in [-0.15, -0.1) is 0 Å². The lowest BCUT2D eigenvalue weighted by Crippen LogP contribution is -2.50. The molecule has 0 bridgehead atoms. The number of benzene rings is 9. The molecule has 9 aromatic carbocycles. The molecule has 0 spiro atoms. The first-order chi connectivity index (χ1) is 30.6. The zero-order chi connectivity index (χ0) is 44.8. The van der Waals surface area contributed by atoms with Crippen molar-refractivity contribution < 1.29 is 0 Å². The van der Waals surface area contributed by atoms with Gasteiger partial charge in [-0.05, 0) is 139 Å². The monoisotopic (exact) mass is 848 g/mol. The summed E-state index contributed by atoms with van der Waals surface area (Å²) in [5.74, 6) is 0. The standard InChI is InChI=1S/C61H60N2Si/c1-41-23-21-28-44(37-41)63(43-26-15-12-16-27-43)55-40-54-56(51-34-20-18-32-49(51)55)57-50-33-19-17-31-48(50)53-39-46(35-36-52(53)58(57)61(54,59(2,3)4)60(5,6)7)62(42-24-13-11-14-25-42)45-29-22-30-47(38-45)64(8,9)10/h11-40H,1-10H3. The number of rotatable bonds is 7. The van der Waals surface area contributed by atoms with E-state index in [9.17, 15) is 0 Å². The van der Waals surface area contributed by atoms with E-state index >= 15 is 0 Å². The highest BCUT2D eigenvalue weighted by molar-refractivity contribution is 6.88. The molecule has 0 amide bonds. The Bertz CT molecular complexity index is 3220. The maximum atomic E-state index is 2.60. The highest BCUT2D eigenvalue weighted by Crippen LogP contribution is 2.69. The van der Waals surface area contributed by atoms with Gasteiger partial charge in [-0.2, -0.15) is 0 Å². The minimum absolute atomic E-state index is 0.201. The van der Waals surface area contributed by atoms with E-state index in [1.54, 1.807) is 0 Å². The van der Waals surface area contributed by atoms with Crippen LogP contribution < -0.4 is 15.0 Å². The summed E-state index contributed by atoms with van der Waals surface area (Å²) >= 11 is 0. The lowest BCUT2D eigenvalue weighted by Gasteiger charge is -2.53. The van der Waals surface area contributed by atoms with Gasteiger partial charge in [0.05, 0.1) is 13.8 Å². The van der Waals surface area contributed by atoms with Gasteiger partial charge in [-0.1, -0.05) is 182 Å². The van der Waals surface area contributed by atoms with Crippen LogP contribution in [0.4, 0.5) is 34.1 Å². The maximum absolute atomic E-state index is 2.60. The normalized spacial score (nSPS) is 13.6. The van der Waals surface area contributed by atoms with E-state index < -0.39 is 13.5 Å². The molecule has 2 nitrogen and oxygen atoms in total. The van der Waals surface area contributed by atoms with Gasteiger partial charge in [0.1, 0.15) is 0 Å². The fraction of sp³-hybridized carbons (Fsp3) is 0.213. The average Bonchev–Trinajstić information content (AvgIpc) is 3.61. The number of nitrogens with zero attached hydrogens (tertiary/aromatic N) is 2. The molecule has 0 saturated carbocycles. The number of hydrogen-bond donors (Lipinski definition) is 0. The first kappa shape index (κ1) is 41.6. The number of para-hydroxylation sites is 2. The summed E-state index contributed by atoms with van der Waals surface area (Å²) in [5, 5.41) is 9.19. The quantitative estimate of drug-likeness (QED) is 0.116. The molecule has 0 radical (unpaired) electrons. The Hall–Kier alpha value is -6.42. The molecule has 64 heavy (non-hydrogen) atoms. The van der Waals surface area contributed by atoms with Gasteiger partial charge in [0, 0.05) is 39.2 Å². The van der Waals surface area contributed by atoms with E-state index in [0.29, 0.717) is 0 Å². The number of anilines is 6. The number of aryl methyl sites for hydroxylation is 1. The molecule has 1 aliphatic carbocycles. The molecule has 3 heteroatoms. The van der Waals surface area contributed by atoms with Crippen LogP contribution in [0.15, 0.2) is 182 Å². The SMILES string of the molecule is Cc1cccc(N(c2ccccc2)c2cc3c(c4ccccc24)-c2c(c4ccc(N(c5ccccc5)c5cccc([Si](C)(C)C)c5)cc4c4ccccc24)C3(C(C)(C)C)C(C)(C)C)c1. The van der Waals surface area contributed by atoms with Crippen molar-refractivity contribution in [3.8, 4) is 11.1 Å². The molecule has 0 aromatic heterocycles. The fourth-order valence-electron chi connectivity index (χ4n) is 11.8. The largest absolute Gasteiger partial charge is 0.310 e. The molecule has 0 aliphatic heterocycles. The van der Waals surface area contributed by atoms with Crippen LogP contribution in [0.1, 0.15) is 58.2 Å². The van der Waals surface area contributed by atoms with Crippen molar-refractivity contribution in [1.82, 2.24) is 0 Å². The summed E-state index contributed by atoms with van der Waals surface area (Å²) in [6, 6.07) is 68.4. The average molecular weight is 849 g/mol. The molecule has 10 rings (SSSR count). The van der Waals surface area contributed by atoms with Crippen LogP contribution in [0.2, 0.25) is 19.6 Å². The molecule has 0 heterocycles. The molecule has 9 aromatic rings. The summed E-state index contributed by atoms with van der Waals surface area (Å²) in [4.78, 5) is 4.95. The van der Waals surface area contributed by atoms with Crippen LogP contribution in [-0.4, -0.2) is 8.07 Å². The Balaban J connectivity index is 1.34. The molecular formula is C61H60N2Si. The van der Waals surface area contributed by atoms with E-state index in [2.05, 4.69) is 260 Å². The van der Waals surface area contributed by atoms with Crippen LogP contribution in [0.5, 0.6) is 0 Å². The predicted molar refractivity (Wildman–Crippen MR) is 281 cm³/mol. The Labute approximate surface area is 381 Å². The van der Waals surface area contributed by atoms with Crippen LogP contribution >= 0.6 is 0 Å². The molecule has 0 saturated heterocycles. The minimum atomic E-state index is -1.59. The molecular weight excluding hydrogens is 789 g/mol.